The first-order valence-electron chi connectivity index (χ1n) is 9.65. The van der Waals surface area contributed by atoms with Gasteiger partial charge in [-0.1, -0.05) is 0 Å². The van der Waals surface area contributed by atoms with E-state index < -0.39 is 12.7 Å². The van der Waals surface area contributed by atoms with Gasteiger partial charge in [-0.05, 0) is 36.2 Å². The van der Waals surface area contributed by atoms with Crippen molar-refractivity contribution in [3.63, 3.8) is 0 Å². The molecule has 0 aliphatic carbocycles. The van der Waals surface area contributed by atoms with Crippen LogP contribution in [0.3, 0.4) is 0 Å². The van der Waals surface area contributed by atoms with Gasteiger partial charge in [-0.3, -0.25) is 15.0 Å². The number of hydrogen-bond acceptors (Lipinski definition) is 4. The van der Waals surface area contributed by atoms with Gasteiger partial charge in [-0.25, -0.2) is 4.79 Å². The molecule has 1 fully saturated rings. The van der Waals surface area contributed by atoms with Gasteiger partial charge in [0.15, 0.2) is 0 Å². The van der Waals surface area contributed by atoms with Crippen molar-refractivity contribution in [2.45, 2.75) is 25.2 Å². The molecule has 0 unspecified atom stereocenters. The second-order valence-electron chi connectivity index (χ2n) is 7.71. The summed E-state index contributed by atoms with van der Waals surface area (Å²) in [6.45, 7) is -0.0463. The third-order valence-electron chi connectivity index (χ3n) is 5.67. The van der Waals surface area contributed by atoms with Gasteiger partial charge in [0.25, 0.3) is 0 Å². The van der Waals surface area contributed by atoms with Gasteiger partial charge < -0.3 is 10.2 Å². The Morgan fingerprint density at radius 3 is 2.77 bits per heavy atom. The van der Waals surface area contributed by atoms with Crippen molar-refractivity contribution in [2.75, 3.05) is 25.0 Å². The van der Waals surface area contributed by atoms with Crippen molar-refractivity contribution in [1.29, 1.82) is 0 Å². The molecule has 2 N–H and O–H groups in total. The first-order chi connectivity index (χ1) is 14.4. The molecule has 0 radical (unpaired) electrons. The first kappa shape index (κ1) is 18.9. The van der Waals surface area contributed by atoms with Gasteiger partial charge >= 0.3 is 12.2 Å². The molecule has 2 amide bonds. The van der Waals surface area contributed by atoms with Crippen LogP contribution < -0.4 is 5.32 Å². The van der Waals surface area contributed by atoms with Crippen molar-refractivity contribution >= 4 is 22.6 Å². The fraction of sp³-hybridized carbons (Fsp3) is 0.350. The van der Waals surface area contributed by atoms with E-state index in [-0.39, 0.29) is 18.6 Å². The topological polar surface area (TPSA) is 77.1 Å². The summed E-state index contributed by atoms with van der Waals surface area (Å²) in [5.74, 6) is 0. The van der Waals surface area contributed by atoms with E-state index in [0.29, 0.717) is 25.2 Å². The molecule has 4 heterocycles. The summed E-state index contributed by atoms with van der Waals surface area (Å²) in [5.41, 5.74) is 4.11. The van der Waals surface area contributed by atoms with Gasteiger partial charge in [-0.2, -0.15) is 18.3 Å². The molecule has 0 saturated carbocycles. The number of alkyl halides is 3. The number of H-pyrrole nitrogens is 1. The number of carbonyl (C=O) groups excluding carboxylic acids is 1. The smallest absolute Gasteiger partial charge is 0.316 e. The largest absolute Gasteiger partial charge is 0.401 e. The fourth-order valence-corrected chi connectivity index (χ4v) is 4.29. The lowest BCUT2D eigenvalue weighted by molar-refractivity contribution is -0.143. The second kappa shape index (κ2) is 6.98. The molecule has 5 rings (SSSR count). The number of nitrogens with zero attached hydrogens (tertiary/aromatic N) is 4. The number of rotatable bonds is 3. The lowest BCUT2D eigenvalue weighted by Crippen LogP contribution is -2.46. The fourth-order valence-electron chi connectivity index (χ4n) is 4.29. The van der Waals surface area contributed by atoms with Gasteiger partial charge in [0.05, 0.1) is 12.1 Å². The van der Waals surface area contributed by atoms with Crippen LogP contribution in [0.25, 0.3) is 22.2 Å². The van der Waals surface area contributed by atoms with Gasteiger partial charge in [0, 0.05) is 54.7 Å². The molecule has 156 valence electrons. The number of halogens is 3. The zero-order valence-electron chi connectivity index (χ0n) is 15.9. The highest BCUT2D eigenvalue weighted by Gasteiger charge is 2.38. The van der Waals surface area contributed by atoms with E-state index in [2.05, 4.69) is 20.5 Å². The summed E-state index contributed by atoms with van der Waals surface area (Å²) in [6, 6.07) is 7.05. The number of pyridine rings is 1. The first-order valence-corrected chi connectivity index (χ1v) is 9.65. The van der Waals surface area contributed by atoms with Crippen LogP contribution in [-0.4, -0.2) is 62.9 Å². The minimum Gasteiger partial charge on any atom is -0.316 e. The van der Waals surface area contributed by atoms with Crippen LogP contribution in [0.2, 0.25) is 0 Å². The third kappa shape index (κ3) is 3.47. The van der Waals surface area contributed by atoms with E-state index in [1.54, 1.807) is 17.3 Å². The molecule has 1 saturated heterocycles. The predicted molar refractivity (Wildman–Crippen MR) is 105 cm³/mol. The molecular weight excluding hydrogens is 397 g/mol. The Labute approximate surface area is 169 Å². The maximum absolute atomic E-state index is 12.7. The average Bonchev–Trinajstić information content (AvgIpc) is 3.32. The van der Waals surface area contributed by atoms with Crippen LogP contribution in [0.4, 0.5) is 23.7 Å². The summed E-state index contributed by atoms with van der Waals surface area (Å²) >= 11 is 0. The summed E-state index contributed by atoms with van der Waals surface area (Å²) in [5, 5.41) is 11.2. The maximum atomic E-state index is 12.7. The molecule has 30 heavy (non-hydrogen) atoms. The Morgan fingerprint density at radius 1 is 1.20 bits per heavy atom. The number of hydrogen-bond donors (Lipinski definition) is 2. The number of likely N-dealkylation sites (tertiary alicyclic amines) is 1. The van der Waals surface area contributed by atoms with E-state index in [4.69, 9.17) is 0 Å². The summed E-state index contributed by atoms with van der Waals surface area (Å²) in [7, 11) is 0. The highest BCUT2D eigenvalue weighted by molar-refractivity contribution is 6.00. The Hall–Kier alpha value is -3.14. The number of anilines is 1. The van der Waals surface area contributed by atoms with E-state index in [1.807, 2.05) is 24.3 Å². The van der Waals surface area contributed by atoms with Crippen molar-refractivity contribution < 1.29 is 18.0 Å². The lowest BCUT2D eigenvalue weighted by atomic mass is 10.0. The Balaban J connectivity index is 1.42. The van der Waals surface area contributed by atoms with Crippen LogP contribution in [0.5, 0.6) is 0 Å². The molecule has 10 heteroatoms. The number of amides is 2. The number of aromatic amines is 1. The Morgan fingerprint density at radius 2 is 2.00 bits per heavy atom. The molecule has 3 aromatic rings. The molecule has 1 atom stereocenters. The van der Waals surface area contributed by atoms with Gasteiger partial charge in [-0.15, -0.1) is 0 Å². The van der Waals surface area contributed by atoms with E-state index >= 15 is 0 Å². The van der Waals surface area contributed by atoms with E-state index in [0.717, 1.165) is 27.7 Å². The van der Waals surface area contributed by atoms with Crippen LogP contribution in [-0.2, 0) is 6.54 Å². The number of urea groups is 1. The normalized spacial score (nSPS) is 19.9. The number of benzene rings is 1. The van der Waals surface area contributed by atoms with Crippen molar-refractivity contribution in [2.24, 2.45) is 0 Å². The maximum Gasteiger partial charge on any atom is 0.401 e. The average molecular weight is 416 g/mol. The lowest BCUT2D eigenvalue weighted by Gasteiger charge is -2.34. The van der Waals surface area contributed by atoms with E-state index in [1.165, 1.54) is 4.90 Å². The zero-order valence-corrected chi connectivity index (χ0v) is 15.9. The molecule has 1 aromatic carbocycles. The number of fused-ring (bicyclic) bond motifs is 2. The highest BCUT2D eigenvalue weighted by Crippen LogP contribution is 2.34. The second-order valence-corrected chi connectivity index (χ2v) is 7.71. The minimum absolute atomic E-state index is 0.221. The molecule has 2 aromatic heterocycles. The molecule has 0 spiro atoms. The van der Waals surface area contributed by atoms with Crippen molar-refractivity contribution in [1.82, 2.24) is 25.0 Å². The van der Waals surface area contributed by atoms with Crippen LogP contribution >= 0.6 is 0 Å². The standard InChI is InChI=1S/C20H19F3N6O/c21-20(22,23)11-28-6-3-14(10-28)29-9-13-7-15-17(8-16(13)25-19(29)30)26-27-18(15)12-1-4-24-5-2-12/h1-2,4-5,7-8,14H,3,6,9-11H2,(H,25,30)(H,26,27)/t14-/m0/s1. The SMILES string of the molecule is O=C1Nc2cc3[nH]nc(-c4ccncc4)c3cc2CN1[C@H]1CCN(CC(F)(F)F)C1. The zero-order chi connectivity index (χ0) is 20.9. The minimum atomic E-state index is -4.23. The molecule has 0 bridgehead atoms. The Bertz CT molecular complexity index is 1100. The molecular formula is C20H19F3N6O. The van der Waals surface area contributed by atoms with Crippen molar-refractivity contribution in [3.05, 3.63) is 42.2 Å². The van der Waals surface area contributed by atoms with Gasteiger partial charge in [0.2, 0.25) is 0 Å². The molecule has 2 aliphatic heterocycles. The quantitative estimate of drug-likeness (QED) is 0.684. The predicted octanol–water partition coefficient (Wildman–Crippen LogP) is 3.61. The molecule has 2 aliphatic rings. The Kier molecular flexibility index (Phi) is 4.39. The summed E-state index contributed by atoms with van der Waals surface area (Å²) in [6.07, 6.45) is -0.317. The van der Waals surface area contributed by atoms with Crippen LogP contribution in [0.15, 0.2) is 36.7 Å². The van der Waals surface area contributed by atoms with E-state index in [9.17, 15) is 18.0 Å². The summed E-state index contributed by atoms with van der Waals surface area (Å²) in [4.78, 5) is 19.7. The summed E-state index contributed by atoms with van der Waals surface area (Å²) < 4.78 is 38.1. The molecule has 7 nitrogen and oxygen atoms in total. The monoisotopic (exact) mass is 416 g/mol. The van der Waals surface area contributed by atoms with Gasteiger partial charge in [0.1, 0.15) is 5.69 Å². The highest BCUT2D eigenvalue weighted by atomic mass is 19.4. The van der Waals surface area contributed by atoms with Crippen LogP contribution in [0.1, 0.15) is 12.0 Å². The van der Waals surface area contributed by atoms with Crippen LogP contribution in [0, 0.1) is 0 Å². The third-order valence-corrected chi connectivity index (χ3v) is 5.67. The van der Waals surface area contributed by atoms with Crippen molar-refractivity contribution in [3.8, 4) is 11.3 Å². The number of carbonyl (C=O) groups is 1. The number of aromatic nitrogens is 3. The number of nitrogens with one attached hydrogen (secondary N) is 2.